The number of anilines is 1. The van der Waals surface area contributed by atoms with Crippen LogP contribution in [0.3, 0.4) is 0 Å². The number of hydrogen-bond donors (Lipinski definition) is 0. The lowest BCUT2D eigenvalue weighted by molar-refractivity contribution is -0.132. The number of carbonyl (C=O) groups is 2. The number of hydrogen-bond acceptors (Lipinski definition) is 5. The molecule has 1 aromatic carbocycles. The molecule has 0 radical (unpaired) electrons. The van der Waals surface area contributed by atoms with Gasteiger partial charge in [-0.3, -0.25) is 14.5 Å². The molecule has 0 atom stereocenters. The normalized spacial score (nSPS) is 20.9. The molecule has 0 bridgehead atoms. The summed E-state index contributed by atoms with van der Waals surface area (Å²) in [6.45, 7) is 2.17. The Bertz CT molecular complexity index is 889. The first-order chi connectivity index (χ1) is 14.0. The highest BCUT2D eigenvalue weighted by Crippen LogP contribution is 2.35. The Kier molecular flexibility index (Phi) is 5.78. The first-order valence-electron chi connectivity index (χ1n) is 10.3. The second-order valence-corrected chi connectivity index (χ2v) is 9.74. The molecule has 8 nitrogen and oxygen atoms in total. The largest absolute Gasteiger partial charge is 0.482 e. The third-order valence-corrected chi connectivity index (χ3v) is 7.72. The summed E-state index contributed by atoms with van der Waals surface area (Å²) in [5, 5.41) is 0. The van der Waals surface area contributed by atoms with E-state index >= 15 is 0 Å². The Hall–Kier alpha value is -2.13. The van der Waals surface area contributed by atoms with E-state index in [9.17, 15) is 18.0 Å². The Balaban J connectivity index is 1.60. The molecular weight excluding hydrogens is 394 g/mol. The van der Waals surface area contributed by atoms with E-state index in [1.54, 1.807) is 11.0 Å². The minimum Gasteiger partial charge on any atom is -0.482 e. The van der Waals surface area contributed by atoms with Crippen molar-refractivity contribution in [1.82, 2.24) is 9.21 Å². The van der Waals surface area contributed by atoms with Crippen LogP contribution in [0.25, 0.3) is 0 Å². The molecule has 158 valence electrons. The van der Waals surface area contributed by atoms with Crippen LogP contribution in [0.5, 0.6) is 5.75 Å². The summed E-state index contributed by atoms with van der Waals surface area (Å²) in [7, 11) is -3.64. The second kappa shape index (κ2) is 8.31. The number of nitrogens with zero attached hydrogens (tertiary/aromatic N) is 3. The maximum absolute atomic E-state index is 13.0. The van der Waals surface area contributed by atoms with E-state index in [0.29, 0.717) is 37.6 Å². The average molecular weight is 422 g/mol. The summed E-state index contributed by atoms with van der Waals surface area (Å²) in [5.41, 5.74) is 0.352. The number of fused-ring (bicyclic) bond motifs is 1. The highest BCUT2D eigenvalue weighted by atomic mass is 32.2. The minimum atomic E-state index is -3.64. The van der Waals surface area contributed by atoms with Crippen LogP contribution < -0.4 is 9.64 Å². The Morgan fingerprint density at radius 3 is 2.31 bits per heavy atom. The Morgan fingerprint density at radius 1 is 0.966 bits per heavy atom. The van der Waals surface area contributed by atoms with E-state index in [1.165, 1.54) is 21.3 Å². The van der Waals surface area contributed by atoms with E-state index in [4.69, 9.17) is 4.74 Å². The van der Waals surface area contributed by atoms with Crippen LogP contribution in [0.2, 0.25) is 0 Å². The van der Waals surface area contributed by atoms with Crippen LogP contribution in [-0.2, 0) is 19.6 Å². The highest BCUT2D eigenvalue weighted by Gasteiger charge is 2.32. The van der Waals surface area contributed by atoms with Crippen molar-refractivity contribution < 1.29 is 22.7 Å². The molecule has 0 spiro atoms. The van der Waals surface area contributed by atoms with Gasteiger partial charge in [0.2, 0.25) is 15.9 Å². The molecule has 2 saturated heterocycles. The average Bonchev–Trinajstić information content (AvgIpc) is 2.76. The zero-order valence-corrected chi connectivity index (χ0v) is 17.3. The van der Waals surface area contributed by atoms with E-state index in [0.717, 1.165) is 38.5 Å². The number of ether oxygens (including phenoxy) is 1. The Morgan fingerprint density at radius 2 is 1.62 bits per heavy atom. The molecule has 2 amide bonds. The maximum atomic E-state index is 13.0. The zero-order chi connectivity index (χ0) is 20.4. The van der Waals surface area contributed by atoms with Gasteiger partial charge in [-0.1, -0.05) is 6.42 Å². The highest BCUT2D eigenvalue weighted by molar-refractivity contribution is 7.89. The molecule has 4 rings (SSSR count). The molecule has 1 aromatic rings. The molecular formula is C20H27N3O5S. The van der Waals surface area contributed by atoms with Gasteiger partial charge in [0.1, 0.15) is 12.3 Å². The van der Waals surface area contributed by atoms with Crippen molar-refractivity contribution in [3.8, 4) is 5.75 Å². The molecule has 29 heavy (non-hydrogen) atoms. The topological polar surface area (TPSA) is 87.2 Å². The molecule has 0 unspecified atom stereocenters. The first kappa shape index (κ1) is 20.2. The number of piperidine rings is 2. The van der Waals surface area contributed by atoms with Crippen molar-refractivity contribution in [2.75, 3.05) is 44.2 Å². The SMILES string of the molecule is O=C(CN1C(=O)COc2ccc(S(=O)(=O)N3CCCCC3)cc21)N1CCCCC1. The molecule has 0 aromatic heterocycles. The van der Waals surface area contributed by atoms with Gasteiger partial charge in [0.15, 0.2) is 6.61 Å². The summed E-state index contributed by atoms with van der Waals surface area (Å²) in [5.74, 6) is -0.0285. The second-order valence-electron chi connectivity index (χ2n) is 7.80. The van der Waals surface area contributed by atoms with E-state index < -0.39 is 10.0 Å². The van der Waals surface area contributed by atoms with Gasteiger partial charge in [-0.2, -0.15) is 4.31 Å². The van der Waals surface area contributed by atoms with E-state index in [1.807, 2.05) is 0 Å². The van der Waals surface area contributed by atoms with Crippen LogP contribution in [-0.4, -0.2) is 68.8 Å². The molecule has 2 fully saturated rings. The van der Waals surface area contributed by atoms with Crippen molar-refractivity contribution in [2.45, 2.75) is 43.4 Å². The number of benzene rings is 1. The summed E-state index contributed by atoms with van der Waals surface area (Å²) in [6, 6.07) is 4.57. The van der Waals surface area contributed by atoms with Crippen molar-refractivity contribution in [3.63, 3.8) is 0 Å². The molecule has 9 heteroatoms. The smallest absolute Gasteiger partial charge is 0.265 e. The first-order valence-corrected chi connectivity index (χ1v) is 11.8. The van der Waals surface area contributed by atoms with Gasteiger partial charge in [-0.15, -0.1) is 0 Å². The number of rotatable bonds is 4. The standard InChI is InChI=1S/C20H27N3O5S/c24-19(21-9-3-1-4-10-21)14-23-17-13-16(7-8-18(17)28-15-20(23)25)29(26,27)22-11-5-2-6-12-22/h7-8,13H,1-6,9-12,14-15H2. The van der Waals surface area contributed by atoms with Crippen LogP contribution in [0.15, 0.2) is 23.1 Å². The predicted octanol–water partition coefficient (Wildman–Crippen LogP) is 1.60. The molecule has 0 aliphatic carbocycles. The van der Waals surface area contributed by atoms with Gasteiger partial charge in [0, 0.05) is 26.2 Å². The lowest BCUT2D eigenvalue weighted by atomic mass is 10.1. The summed E-state index contributed by atoms with van der Waals surface area (Å²) in [6.07, 6.45) is 5.78. The number of sulfonamides is 1. The van der Waals surface area contributed by atoms with Gasteiger partial charge in [0.05, 0.1) is 10.6 Å². The summed E-state index contributed by atoms with van der Waals surface area (Å²) < 4.78 is 33.0. The third-order valence-electron chi connectivity index (χ3n) is 5.83. The maximum Gasteiger partial charge on any atom is 0.265 e. The van der Waals surface area contributed by atoms with Gasteiger partial charge >= 0.3 is 0 Å². The van der Waals surface area contributed by atoms with Crippen LogP contribution in [0.4, 0.5) is 5.69 Å². The number of carbonyl (C=O) groups excluding carboxylic acids is 2. The van der Waals surface area contributed by atoms with Crippen LogP contribution in [0.1, 0.15) is 38.5 Å². The quantitative estimate of drug-likeness (QED) is 0.737. The van der Waals surface area contributed by atoms with E-state index in [-0.39, 0.29) is 29.9 Å². The van der Waals surface area contributed by atoms with Crippen LogP contribution in [0, 0.1) is 0 Å². The summed E-state index contributed by atoms with van der Waals surface area (Å²) in [4.78, 5) is 28.5. The lowest BCUT2D eigenvalue weighted by Crippen LogP contribution is -2.47. The lowest BCUT2D eigenvalue weighted by Gasteiger charge is -2.33. The van der Waals surface area contributed by atoms with E-state index in [2.05, 4.69) is 0 Å². The molecule has 0 N–H and O–H groups in total. The third kappa shape index (κ3) is 4.11. The number of amides is 2. The van der Waals surface area contributed by atoms with Crippen molar-refractivity contribution >= 4 is 27.5 Å². The fourth-order valence-corrected chi connectivity index (χ4v) is 5.69. The van der Waals surface area contributed by atoms with Crippen molar-refractivity contribution in [3.05, 3.63) is 18.2 Å². The monoisotopic (exact) mass is 421 g/mol. The van der Waals surface area contributed by atoms with Crippen LogP contribution >= 0.6 is 0 Å². The fourth-order valence-electron chi connectivity index (χ4n) is 4.15. The fraction of sp³-hybridized carbons (Fsp3) is 0.600. The summed E-state index contributed by atoms with van der Waals surface area (Å²) >= 11 is 0. The minimum absolute atomic E-state index is 0.0948. The predicted molar refractivity (Wildman–Crippen MR) is 107 cm³/mol. The Labute approximate surface area is 171 Å². The molecule has 3 aliphatic rings. The molecule has 3 heterocycles. The van der Waals surface area contributed by atoms with Gasteiger partial charge in [0.25, 0.3) is 5.91 Å². The zero-order valence-electron chi connectivity index (χ0n) is 16.5. The van der Waals surface area contributed by atoms with Gasteiger partial charge in [-0.25, -0.2) is 8.42 Å². The molecule has 0 saturated carbocycles. The molecule has 3 aliphatic heterocycles. The van der Waals surface area contributed by atoms with Crippen molar-refractivity contribution in [1.29, 1.82) is 0 Å². The number of likely N-dealkylation sites (tertiary alicyclic amines) is 1. The van der Waals surface area contributed by atoms with Crippen molar-refractivity contribution in [2.24, 2.45) is 0 Å². The van der Waals surface area contributed by atoms with Gasteiger partial charge in [-0.05, 0) is 50.3 Å². The van der Waals surface area contributed by atoms with Gasteiger partial charge < -0.3 is 9.64 Å².